The van der Waals surface area contributed by atoms with E-state index >= 15 is 0 Å². The van der Waals surface area contributed by atoms with Crippen molar-refractivity contribution in [2.75, 3.05) is 21.3 Å². The van der Waals surface area contributed by atoms with Crippen molar-refractivity contribution in [3.05, 3.63) is 47.8 Å². The highest BCUT2D eigenvalue weighted by molar-refractivity contribution is 6.03. The van der Waals surface area contributed by atoms with Gasteiger partial charge in [0, 0.05) is 18.0 Å². The zero-order valence-electron chi connectivity index (χ0n) is 14.0. The highest BCUT2D eigenvalue weighted by atomic mass is 16.5. The summed E-state index contributed by atoms with van der Waals surface area (Å²) >= 11 is 0. The molecule has 7 heteroatoms. The molecule has 1 aromatic carbocycles. The van der Waals surface area contributed by atoms with Crippen LogP contribution >= 0.6 is 0 Å². The molecular weight excluding hydrogens is 310 g/mol. The lowest BCUT2D eigenvalue weighted by molar-refractivity contribution is 0.0954. The second-order valence-corrected chi connectivity index (χ2v) is 4.76. The Morgan fingerprint density at radius 2 is 1.83 bits per heavy atom. The Labute approximate surface area is 140 Å². The molecule has 1 heterocycles. The molecule has 2 aromatic rings. The van der Waals surface area contributed by atoms with Crippen LogP contribution < -0.4 is 19.6 Å². The highest BCUT2D eigenvalue weighted by Gasteiger charge is 2.17. The van der Waals surface area contributed by atoms with E-state index < -0.39 is 0 Å². The number of nitrogens with one attached hydrogen (secondary N) is 1. The van der Waals surface area contributed by atoms with Crippen LogP contribution in [0.25, 0.3) is 0 Å². The lowest BCUT2D eigenvalue weighted by Gasteiger charge is -2.15. The monoisotopic (exact) mass is 329 g/mol. The molecule has 0 aliphatic heterocycles. The van der Waals surface area contributed by atoms with Gasteiger partial charge < -0.3 is 14.2 Å². The Bertz CT molecular complexity index is 745. The van der Waals surface area contributed by atoms with Crippen molar-refractivity contribution in [1.82, 2.24) is 10.4 Å². The van der Waals surface area contributed by atoms with E-state index in [1.54, 1.807) is 44.5 Å². The number of hydrogen-bond acceptors (Lipinski definition) is 6. The van der Waals surface area contributed by atoms with Crippen LogP contribution in [0.3, 0.4) is 0 Å². The van der Waals surface area contributed by atoms with Gasteiger partial charge in [0.1, 0.15) is 0 Å². The van der Waals surface area contributed by atoms with Crippen molar-refractivity contribution < 1.29 is 19.0 Å². The van der Waals surface area contributed by atoms with Crippen LogP contribution in [0.1, 0.15) is 22.8 Å². The molecule has 0 aliphatic carbocycles. The van der Waals surface area contributed by atoms with Gasteiger partial charge in [-0.3, -0.25) is 9.78 Å². The number of nitrogens with zero attached hydrogens (tertiary/aromatic N) is 2. The van der Waals surface area contributed by atoms with E-state index in [1.165, 1.54) is 20.4 Å². The third-order valence-corrected chi connectivity index (χ3v) is 3.34. The van der Waals surface area contributed by atoms with Crippen molar-refractivity contribution in [1.29, 1.82) is 0 Å². The summed E-state index contributed by atoms with van der Waals surface area (Å²) in [6.07, 6.45) is 3.07. The van der Waals surface area contributed by atoms with Crippen LogP contribution in [0.15, 0.2) is 41.8 Å². The SMILES string of the molecule is COc1ccc(C(C)=NNC(=O)c2cccnc2)c(OC)c1OC. The van der Waals surface area contributed by atoms with E-state index in [-0.39, 0.29) is 5.91 Å². The maximum absolute atomic E-state index is 12.0. The first kappa shape index (κ1) is 17.3. The number of ether oxygens (including phenoxy) is 3. The minimum Gasteiger partial charge on any atom is -0.493 e. The fourth-order valence-corrected chi connectivity index (χ4v) is 2.14. The largest absolute Gasteiger partial charge is 0.493 e. The summed E-state index contributed by atoms with van der Waals surface area (Å²) in [7, 11) is 4.61. The van der Waals surface area contributed by atoms with Crippen molar-refractivity contribution >= 4 is 11.6 Å². The summed E-state index contributed by atoms with van der Waals surface area (Å²) in [5.41, 5.74) is 4.16. The molecule has 1 aromatic heterocycles. The number of benzene rings is 1. The van der Waals surface area contributed by atoms with Gasteiger partial charge >= 0.3 is 0 Å². The number of hydrazone groups is 1. The maximum Gasteiger partial charge on any atom is 0.272 e. The standard InChI is InChI=1S/C17H19N3O4/c1-11(19-20-17(21)12-6-5-9-18-10-12)13-7-8-14(22-2)16(24-4)15(13)23-3/h5-10H,1-4H3,(H,20,21). The first-order chi connectivity index (χ1) is 11.6. The molecule has 24 heavy (non-hydrogen) atoms. The number of carbonyl (C=O) groups is 1. The summed E-state index contributed by atoms with van der Waals surface area (Å²) in [5, 5.41) is 4.12. The molecule has 126 valence electrons. The van der Waals surface area contributed by atoms with E-state index in [1.807, 2.05) is 0 Å². The molecule has 0 unspecified atom stereocenters. The quantitative estimate of drug-likeness (QED) is 0.649. The van der Waals surface area contributed by atoms with Gasteiger partial charge in [0.2, 0.25) is 5.75 Å². The van der Waals surface area contributed by atoms with Gasteiger partial charge in [-0.15, -0.1) is 0 Å². The number of amides is 1. The molecule has 0 atom stereocenters. The minimum absolute atomic E-state index is 0.345. The number of hydrogen-bond donors (Lipinski definition) is 1. The lowest BCUT2D eigenvalue weighted by atomic mass is 10.1. The average molecular weight is 329 g/mol. The Morgan fingerprint density at radius 3 is 2.42 bits per heavy atom. The second-order valence-electron chi connectivity index (χ2n) is 4.76. The fourth-order valence-electron chi connectivity index (χ4n) is 2.14. The summed E-state index contributed by atoms with van der Waals surface area (Å²) < 4.78 is 16.0. The molecule has 0 aliphatic rings. The van der Waals surface area contributed by atoms with Crippen molar-refractivity contribution in [3.8, 4) is 17.2 Å². The third kappa shape index (κ3) is 3.62. The first-order valence-corrected chi connectivity index (χ1v) is 7.16. The number of pyridine rings is 1. The maximum atomic E-state index is 12.0. The molecule has 0 spiro atoms. The van der Waals surface area contributed by atoms with Gasteiger partial charge in [0.15, 0.2) is 11.5 Å². The van der Waals surface area contributed by atoms with Gasteiger partial charge in [-0.05, 0) is 31.2 Å². The minimum atomic E-state index is -0.345. The summed E-state index contributed by atoms with van der Waals surface area (Å²) in [6, 6.07) is 6.88. The van der Waals surface area contributed by atoms with Crippen LogP contribution in [0.5, 0.6) is 17.2 Å². The summed E-state index contributed by atoms with van der Waals surface area (Å²) in [4.78, 5) is 15.9. The number of methoxy groups -OCH3 is 3. The smallest absolute Gasteiger partial charge is 0.272 e. The summed E-state index contributed by atoms with van der Waals surface area (Å²) in [5.74, 6) is 1.14. The fraction of sp³-hybridized carbons (Fsp3) is 0.235. The highest BCUT2D eigenvalue weighted by Crippen LogP contribution is 2.39. The van der Waals surface area contributed by atoms with Crippen LogP contribution in [0, 0.1) is 0 Å². The zero-order chi connectivity index (χ0) is 17.5. The molecule has 0 bridgehead atoms. The zero-order valence-corrected chi connectivity index (χ0v) is 14.0. The number of rotatable bonds is 6. The molecular formula is C17H19N3O4. The molecule has 0 radical (unpaired) electrons. The van der Waals surface area contributed by atoms with E-state index in [0.717, 1.165) is 0 Å². The first-order valence-electron chi connectivity index (χ1n) is 7.16. The normalized spacial score (nSPS) is 10.9. The van der Waals surface area contributed by atoms with E-state index in [2.05, 4.69) is 15.5 Å². The predicted octanol–water partition coefficient (Wildman–Crippen LogP) is 2.26. The second kappa shape index (κ2) is 7.96. The number of aromatic nitrogens is 1. The van der Waals surface area contributed by atoms with Crippen LogP contribution in [-0.2, 0) is 0 Å². The van der Waals surface area contributed by atoms with E-state index in [4.69, 9.17) is 14.2 Å². The van der Waals surface area contributed by atoms with Gasteiger partial charge in [-0.2, -0.15) is 5.10 Å². The van der Waals surface area contributed by atoms with Gasteiger partial charge in [0.05, 0.1) is 32.6 Å². The number of carbonyl (C=O) groups excluding carboxylic acids is 1. The lowest BCUT2D eigenvalue weighted by Crippen LogP contribution is -2.19. The van der Waals surface area contributed by atoms with Crippen molar-refractivity contribution in [2.24, 2.45) is 5.10 Å². The van der Waals surface area contributed by atoms with E-state index in [9.17, 15) is 4.79 Å². The molecule has 0 saturated heterocycles. The molecule has 0 saturated carbocycles. The summed E-state index contributed by atoms with van der Waals surface area (Å²) in [6.45, 7) is 1.76. The third-order valence-electron chi connectivity index (χ3n) is 3.34. The molecule has 7 nitrogen and oxygen atoms in total. The van der Waals surface area contributed by atoms with Gasteiger partial charge in [0.25, 0.3) is 5.91 Å². The Morgan fingerprint density at radius 1 is 1.08 bits per heavy atom. The topological polar surface area (TPSA) is 82.0 Å². The molecule has 1 amide bonds. The van der Waals surface area contributed by atoms with E-state index in [0.29, 0.717) is 34.1 Å². The van der Waals surface area contributed by atoms with Crippen LogP contribution in [-0.4, -0.2) is 37.9 Å². The predicted molar refractivity (Wildman–Crippen MR) is 90.0 cm³/mol. The molecule has 0 fully saturated rings. The van der Waals surface area contributed by atoms with Gasteiger partial charge in [-0.1, -0.05) is 0 Å². The van der Waals surface area contributed by atoms with Crippen LogP contribution in [0.2, 0.25) is 0 Å². The van der Waals surface area contributed by atoms with Crippen molar-refractivity contribution in [2.45, 2.75) is 6.92 Å². The Balaban J connectivity index is 2.29. The van der Waals surface area contributed by atoms with Crippen LogP contribution in [0.4, 0.5) is 0 Å². The average Bonchev–Trinajstić information content (AvgIpc) is 2.64. The molecule has 1 N–H and O–H groups in total. The Kier molecular flexibility index (Phi) is 5.73. The molecule has 2 rings (SSSR count). The van der Waals surface area contributed by atoms with Gasteiger partial charge in [-0.25, -0.2) is 5.43 Å². The van der Waals surface area contributed by atoms with Crippen molar-refractivity contribution in [3.63, 3.8) is 0 Å². The Hall–Kier alpha value is -3.09.